The number of nitrogens with one attached hydrogen (secondary N) is 2. The zero-order valence-electron chi connectivity index (χ0n) is 23.7. The summed E-state index contributed by atoms with van der Waals surface area (Å²) in [5.74, 6) is 0.753. The zero-order chi connectivity index (χ0) is 29.7. The van der Waals surface area contributed by atoms with Gasteiger partial charge in [0.05, 0.1) is 30.3 Å². The molecule has 2 saturated heterocycles. The molecule has 2 aliphatic heterocycles. The van der Waals surface area contributed by atoms with Crippen LogP contribution in [0.4, 0.5) is 4.79 Å². The number of amides is 2. The summed E-state index contributed by atoms with van der Waals surface area (Å²) in [5.41, 5.74) is 0.860. The number of hydrogen-bond acceptors (Lipinski definition) is 8. The molecule has 3 aliphatic rings. The van der Waals surface area contributed by atoms with Gasteiger partial charge in [-0.05, 0) is 61.4 Å². The molecule has 3 fully saturated rings. The van der Waals surface area contributed by atoms with Crippen LogP contribution in [0.3, 0.4) is 0 Å². The second-order valence-corrected chi connectivity index (χ2v) is 13.2. The molecule has 2 aromatic carbocycles. The van der Waals surface area contributed by atoms with Crippen molar-refractivity contribution in [3.63, 3.8) is 0 Å². The van der Waals surface area contributed by atoms with Crippen LogP contribution in [0.1, 0.15) is 37.7 Å². The molecule has 1 saturated carbocycles. The molecule has 2 aromatic rings. The van der Waals surface area contributed by atoms with Crippen LogP contribution in [0.5, 0.6) is 5.75 Å². The largest absolute Gasteiger partial charge is 0.497 e. The number of methoxy groups -OCH3 is 1. The SMILES string of the molecule is COc1ccc(S(=O)(=O)N(C[C@@H]2CCC(=O)N2)C[C@@H](O)[C@H](Cc2ccccc2)NC(=O)O[C@@H]2C[C@@H]3CCO[C@@H]3C2)cc1. The molecule has 11 nitrogen and oxygen atoms in total. The second kappa shape index (κ2) is 13.4. The molecule has 42 heavy (non-hydrogen) atoms. The molecular weight excluding hydrogens is 562 g/mol. The molecule has 0 aromatic heterocycles. The Morgan fingerprint density at radius 1 is 1.14 bits per heavy atom. The number of alkyl carbamates (subject to hydrolysis) is 1. The second-order valence-electron chi connectivity index (χ2n) is 11.3. The van der Waals surface area contributed by atoms with Crippen molar-refractivity contribution in [1.82, 2.24) is 14.9 Å². The van der Waals surface area contributed by atoms with Gasteiger partial charge in [-0.3, -0.25) is 4.79 Å². The Morgan fingerprint density at radius 3 is 2.57 bits per heavy atom. The molecule has 12 heteroatoms. The maximum Gasteiger partial charge on any atom is 0.407 e. The van der Waals surface area contributed by atoms with E-state index in [1.165, 1.54) is 23.5 Å². The fourth-order valence-electron chi connectivity index (χ4n) is 6.06. The van der Waals surface area contributed by atoms with E-state index in [2.05, 4.69) is 10.6 Å². The summed E-state index contributed by atoms with van der Waals surface area (Å²) >= 11 is 0. The Hall–Kier alpha value is -3.19. The van der Waals surface area contributed by atoms with E-state index in [9.17, 15) is 23.1 Å². The third-order valence-electron chi connectivity index (χ3n) is 8.34. The summed E-state index contributed by atoms with van der Waals surface area (Å²) in [6.45, 7) is 0.407. The Bertz CT molecular complexity index is 1310. The lowest BCUT2D eigenvalue weighted by molar-refractivity contribution is -0.119. The molecule has 228 valence electrons. The van der Waals surface area contributed by atoms with E-state index < -0.39 is 34.3 Å². The van der Waals surface area contributed by atoms with E-state index in [1.54, 1.807) is 12.1 Å². The van der Waals surface area contributed by atoms with Gasteiger partial charge in [0.25, 0.3) is 0 Å². The molecule has 2 amide bonds. The topological polar surface area (TPSA) is 144 Å². The van der Waals surface area contributed by atoms with E-state index in [-0.39, 0.29) is 42.5 Å². The standard InChI is InChI=1S/C30H39N3O8S/c1-39-23-8-10-25(11-9-23)42(37,38)33(18-22-7-12-29(35)31-22)19-27(34)26(15-20-5-3-2-4-6-20)32-30(36)41-24-16-21-13-14-40-28(21)17-24/h2-6,8-11,21-22,24,26-28,34H,7,12-19H2,1H3,(H,31,35)(H,32,36)/t21-,22-,24+,26-,27+,28+/m0/s1. The first-order valence-corrected chi connectivity index (χ1v) is 15.9. The number of aliphatic hydroxyl groups is 1. The summed E-state index contributed by atoms with van der Waals surface area (Å²) in [6, 6.07) is 14.1. The van der Waals surface area contributed by atoms with Crippen LogP contribution in [0.2, 0.25) is 0 Å². The monoisotopic (exact) mass is 601 g/mol. The normalized spacial score (nSPS) is 25.1. The highest BCUT2D eigenvalue weighted by Gasteiger charge is 2.41. The highest BCUT2D eigenvalue weighted by Crippen LogP contribution is 2.37. The first kappa shape index (κ1) is 30.3. The predicted molar refractivity (Wildman–Crippen MR) is 153 cm³/mol. The number of hydrogen-bond donors (Lipinski definition) is 3. The van der Waals surface area contributed by atoms with Crippen LogP contribution in [0.15, 0.2) is 59.5 Å². The van der Waals surface area contributed by atoms with Gasteiger partial charge in [-0.25, -0.2) is 13.2 Å². The molecule has 0 spiro atoms. The molecule has 5 rings (SSSR count). The molecule has 6 atom stereocenters. The van der Waals surface area contributed by atoms with Crippen LogP contribution >= 0.6 is 0 Å². The molecule has 0 bridgehead atoms. The molecule has 1 aliphatic carbocycles. The lowest BCUT2D eigenvalue weighted by Crippen LogP contribution is -2.52. The summed E-state index contributed by atoms with van der Waals surface area (Å²) in [4.78, 5) is 24.9. The number of rotatable bonds is 12. The number of aliphatic hydroxyl groups excluding tert-OH is 1. The van der Waals surface area contributed by atoms with Crippen molar-refractivity contribution < 1.29 is 37.3 Å². The predicted octanol–water partition coefficient (Wildman–Crippen LogP) is 2.23. The maximum absolute atomic E-state index is 13.8. The van der Waals surface area contributed by atoms with Gasteiger partial charge < -0.3 is 30.0 Å². The minimum Gasteiger partial charge on any atom is -0.497 e. The summed E-state index contributed by atoms with van der Waals surface area (Å²) in [7, 11) is -2.59. The van der Waals surface area contributed by atoms with Gasteiger partial charge in [0.15, 0.2) is 0 Å². The van der Waals surface area contributed by atoms with E-state index >= 15 is 0 Å². The number of nitrogens with zero attached hydrogens (tertiary/aromatic N) is 1. The molecule has 0 radical (unpaired) electrons. The Kier molecular flexibility index (Phi) is 9.67. The van der Waals surface area contributed by atoms with Gasteiger partial charge >= 0.3 is 6.09 Å². The molecule has 2 heterocycles. The average molecular weight is 602 g/mol. The van der Waals surface area contributed by atoms with E-state index in [0.717, 1.165) is 25.0 Å². The van der Waals surface area contributed by atoms with Crippen molar-refractivity contribution in [2.24, 2.45) is 5.92 Å². The van der Waals surface area contributed by atoms with Crippen molar-refractivity contribution in [3.05, 3.63) is 60.2 Å². The van der Waals surface area contributed by atoms with Gasteiger partial charge in [0.2, 0.25) is 15.9 Å². The van der Waals surface area contributed by atoms with Crippen molar-refractivity contribution in [2.45, 2.75) is 73.8 Å². The highest BCUT2D eigenvalue weighted by atomic mass is 32.2. The number of sulfonamides is 1. The van der Waals surface area contributed by atoms with Crippen LogP contribution in [0.25, 0.3) is 0 Å². The average Bonchev–Trinajstić information content (AvgIpc) is 3.69. The van der Waals surface area contributed by atoms with Crippen LogP contribution in [-0.2, 0) is 30.7 Å². The van der Waals surface area contributed by atoms with E-state index in [4.69, 9.17) is 14.2 Å². The summed E-state index contributed by atoms with van der Waals surface area (Å²) < 4.78 is 45.4. The smallest absolute Gasteiger partial charge is 0.407 e. The lowest BCUT2D eigenvalue weighted by Gasteiger charge is -2.31. The number of carbonyl (C=O) groups excluding carboxylic acids is 2. The first-order valence-electron chi connectivity index (χ1n) is 14.5. The zero-order valence-corrected chi connectivity index (χ0v) is 24.5. The Balaban J connectivity index is 1.33. The number of benzene rings is 2. The minimum absolute atomic E-state index is 0.0233. The van der Waals surface area contributed by atoms with Crippen molar-refractivity contribution in [3.8, 4) is 5.75 Å². The van der Waals surface area contributed by atoms with Gasteiger partial charge in [0, 0.05) is 38.6 Å². The first-order chi connectivity index (χ1) is 20.2. The molecule has 0 unspecified atom stereocenters. The molecular formula is C30H39N3O8S. The van der Waals surface area contributed by atoms with Gasteiger partial charge in [-0.1, -0.05) is 30.3 Å². The Labute approximate surface area is 246 Å². The van der Waals surface area contributed by atoms with Crippen LogP contribution in [-0.4, -0.2) is 87.0 Å². The molecule has 3 N–H and O–H groups in total. The van der Waals surface area contributed by atoms with Crippen LogP contribution in [0, 0.1) is 5.92 Å². The summed E-state index contributed by atoms with van der Waals surface area (Å²) in [5, 5.41) is 17.1. The van der Waals surface area contributed by atoms with Gasteiger partial charge in [-0.2, -0.15) is 4.31 Å². The van der Waals surface area contributed by atoms with Gasteiger partial charge in [0.1, 0.15) is 11.9 Å². The van der Waals surface area contributed by atoms with Crippen molar-refractivity contribution in [2.75, 3.05) is 26.8 Å². The summed E-state index contributed by atoms with van der Waals surface area (Å²) in [6.07, 6.45) is 1.29. The number of ether oxygens (including phenoxy) is 3. The fraction of sp³-hybridized carbons (Fsp3) is 0.533. The van der Waals surface area contributed by atoms with E-state index in [1.807, 2.05) is 30.3 Å². The highest BCUT2D eigenvalue weighted by molar-refractivity contribution is 7.89. The number of carbonyl (C=O) groups is 2. The fourth-order valence-corrected chi connectivity index (χ4v) is 7.57. The van der Waals surface area contributed by atoms with Crippen LogP contribution < -0.4 is 15.4 Å². The third kappa shape index (κ3) is 7.41. The minimum atomic E-state index is -4.08. The van der Waals surface area contributed by atoms with Crippen molar-refractivity contribution in [1.29, 1.82) is 0 Å². The number of fused-ring (bicyclic) bond motifs is 1. The van der Waals surface area contributed by atoms with E-state index in [0.29, 0.717) is 30.9 Å². The van der Waals surface area contributed by atoms with Crippen molar-refractivity contribution >= 4 is 22.0 Å². The maximum atomic E-state index is 13.8. The van der Waals surface area contributed by atoms with Gasteiger partial charge in [-0.15, -0.1) is 0 Å². The quantitative estimate of drug-likeness (QED) is 0.336. The Morgan fingerprint density at radius 2 is 1.90 bits per heavy atom. The lowest BCUT2D eigenvalue weighted by atomic mass is 10.0. The third-order valence-corrected chi connectivity index (χ3v) is 10.2.